The number of amidine groups is 1. The maximum atomic E-state index is 7.39. The van der Waals surface area contributed by atoms with Crippen LogP contribution in [0.15, 0.2) is 54.6 Å². The molecule has 2 aromatic rings. The topological polar surface area (TPSA) is 53.1 Å². The summed E-state index contributed by atoms with van der Waals surface area (Å²) >= 11 is 0. The predicted molar refractivity (Wildman–Crippen MR) is 80.6 cm³/mol. The predicted octanol–water partition coefficient (Wildman–Crippen LogP) is 3.00. The van der Waals surface area contributed by atoms with E-state index in [2.05, 4.69) is 36.1 Å². The number of rotatable bonds is 5. The van der Waals surface area contributed by atoms with E-state index in [1.165, 1.54) is 11.3 Å². The summed E-state index contributed by atoms with van der Waals surface area (Å²) in [6.07, 6.45) is 0. The average molecular weight is 253 g/mol. The SMILES string of the molecule is CCN(Cc1ccc(C(=N)N)cc1)c1ccccc1. The van der Waals surface area contributed by atoms with Crippen LogP contribution in [0.2, 0.25) is 0 Å². The molecule has 3 N–H and O–H groups in total. The first-order chi connectivity index (χ1) is 9.20. The van der Waals surface area contributed by atoms with Gasteiger partial charge in [0.05, 0.1) is 0 Å². The number of nitrogens with one attached hydrogen (secondary N) is 1. The van der Waals surface area contributed by atoms with Crippen molar-refractivity contribution in [3.63, 3.8) is 0 Å². The number of nitrogen functional groups attached to an aromatic ring is 1. The molecule has 98 valence electrons. The van der Waals surface area contributed by atoms with E-state index in [1.807, 2.05) is 30.3 Å². The molecule has 0 unspecified atom stereocenters. The van der Waals surface area contributed by atoms with Gasteiger partial charge in [-0.25, -0.2) is 0 Å². The van der Waals surface area contributed by atoms with Crippen LogP contribution in [0.1, 0.15) is 18.1 Å². The molecule has 2 aromatic carbocycles. The lowest BCUT2D eigenvalue weighted by Gasteiger charge is -2.23. The lowest BCUT2D eigenvalue weighted by atomic mass is 10.1. The largest absolute Gasteiger partial charge is 0.384 e. The number of nitrogens with two attached hydrogens (primary N) is 1. The summed E-state index contributed by atoms with van der Waals surface area (Å²) in [7, 11) is 0. The van der Waals surface area contributed by atoms with Gasteiger partial charge in [0.1, 0.15) is 5.84 Å². The van der Waals surface area contributed by atoms with Gasteiger partial charge in [0.15, 0.2) is 0 Å². The Bertz CT molecular complexity index is 532. The molecule has 0 saturated carbocycles. The second-order valence-corrected chi connectivity index (χ2v) is 4.46. The van der Waals surface area contributed by atoms with Crippen molar-refractivity contribution in [3.8, 4) is 0 Å². The van der Waals surface area contributed by atoms with E-state index < -0.39 is 0 Å². The van der Waals surface area contributed by atoms with E-state index in [0.29, 0.717) is 0 Å². The van der Waals surface area contributed by atoms with Crippen LogP contribution in [0, 0.1) is 5.41 Å². The molecule has 0 heterocycles. The normalized spacial score (nSPS) is 10.2. The van der Waals surface area contributed by atoms with Crippen LogP contribution >= 0.6 is 0 Å². The van der Waals surface area contributed by atoms with Gasteiger partial charge in [-0.3, -0.25) is 5.41 Å². The quantitative estimate of drug-likeness (QED) is 0.635. The molecule has 3 nitrogen and oxygen atoms in total. The lowest BCUT2D eigenvalue weighted by Crippen LogP contribution is -2.21. The zero-order chi connectivity index (χ0) is 13.7. The number of anilines is 1. The van der Waals surface area contributed by atoms with E-state index in [4.69, 9.17) is 11.1 Å². The Morgan fingerprint density at radius 3 is 2.21 bits per heavy atom. The van der Waals surface area contributed by atoms with Gasteiger partial charge < -0.3 is 10.6 Å². The van der Waals surface area contributed by atoms with Crippen LogP contribution in [0.3, 0.4) is 0 Å². The minimum absolute atomic E-state index is 0.113. The number of hydrogen-bond acceptors (Lipinski definition) is 2. The Balaban J connectivity index is 2.12. The van der Waals surface area contributed by atoms with E-state index in [1.54, 1.807) is 0 Å². The van der Waals surface area contributed by atoms with Crippen LogP contribution in [0.4, 0.5) is 5.69 Å². The smallest absolute Gasteiger partial charge is 0.122 e. The van der Waals surface area contributed by atoms with Crippen molar-refractivity contribution in [2.45, 2.75) is 13.5 Å². The highest BCUT2D eigenvalue weighted by Crippen LogP contribution is 2.16. The van der Waals surface area contributed by atoms with Crippen molar-refractivity contribution in [3.05, 3.63) is 65.7 Å². The zero-order valence-electron chi connectivity index (χ0n) is 11.1. The monoisotopic (exact) mass is 253 g/mol. The Morgan fingerprint density at radius 2 is 1.68 bits per heavy atom. The lowest BCUT2D eigenvalue weighted by molar-refractivity contribution is 0.832. The van der Waals surface area contributed by atoms with Crippen LogP contribution in [0.25, 0.3) is 0 Å². The third kappa shape index (κ3) is 3.35. The Kier molecular flexibility index (Phi) is 4.18. The second kappa shape index (κ2) is 6.05. The molecular weight excluding hydrogens is 234 g/mol. The number of nitrogens with zero attached hydrogens (tertiary/aromatic N) is 1. The van der Waals surface area contributed by atoms with Crippen LogP contribution in [-0.4, -0.2) is 12.4 Å². The molecule has 19 heavy (non-hydrogen) atoms. The van der Waals surface area contributed by atoms with Gasteiger partial charge in [-0.15, -0.1) is 0 Å². The summed E-state index contributed by atoms with van der Waals surface area (Å²) in [5.74, 6) is 0.113. The van der Waals surface area contributed by atoms with Gasteiger partial charge >= 0.3 is 0 Å². The first-order valence-corrected chi connectivity index (χ1v) is 6.44. The summed E-state index contributed by atoms with van der Waals surface area (Å²) in [6, 6.07) is 18.2. The molecule has 3 heteroatoms. The Hall–Kier alpha value is -2.29. The summed E-state index contributed by atoms with van der Waals surface area (Å²) in [5, 5.41) is 7.39. The molecule has 0 aliphatic heterocycles. The maximum Gasteiger partial charge on any atom is 0.122 e. The zero-order valence-corrected chi connectivity index (χ0v) is 11.1. The molecule has 0 bridgehead atoms. The molecular formula is C16H19N3. The molecule has 0 spiro atoms. The van der Waals surface area contributed by atoms with Crippen LogP contribution in [-0.2, 0) is 6.54 Å². The Labute approximate surface area is 114 Å². The summed E-state index contributed by atoms with van der Waals surface area (Å²) < 4.78 is 0. The number of para-hydroxylation sites is 1. The first kappa shape index (κ1) is 13.1. The molecule has 0 saturated heterocycles. The third-order valence-electron chi connectivity index (χ3n) is 3.14. The maximum absolute atomic E-state index is 7.39. The number of hydrogen-bond donors (Lipinski definition) is 2. The van der Waals surface area contributed by atoms with Gasteiger partial charge in [0.2, 0.25) is 0 Å². The molecule has 0 amide bonds. The van der Waals surface area contributed by atoms with Gasteiger partial charge in [0.25, 0.3) is 0 Å². The molecule has 0 aliphatic carbocycles. The molecule has 0 atom stereocenters. The van der Waals surface area contributed by atoms with Gasteiger partial charge in [-0.2, -0.15) is 0 Å². The highest BCUT2D eigenvalue weighted by atomic mass is 15.1. The minimum atomic E-state index is 0.113. The van der Waals surface area contributed by atoms with Gasteiger partial charge in [-0.1, -0.05) is 42.5 Å². The number of benzene rings is 2. The van der Waals surface area contributed by atoms with Gasteiger partial charge in [0, 0.05) is 24.3 Å². The van der Waals surface area contributed by atoms with Crippen molar-refractivity contribution >= 4 is 11.5 Å². The highest BCUT2D eigenvalue weighted by molar-refractivity contribution is 5.94. The van der Waals surface area contributed by atoms with E-state index in [0.717, 1.165) is 18.7 Å². The fraction of sp³-hybridized carbons (Fsp3) is 0.188. The Morgan fingerprint density at radius 1 is 1.05 bits per heavy atom. The molecule has 0 fully saturated rings. The third-order valence-corrected chi connectivity index (χ3v) is 3.14. The standard InChI is InChI=1S/C16H19N3/c1-2-19(15-6-4-3-5-7-15)12-13-8-10-14(11-9-13)16(17)18/h3-11H,2,12H2,1H3,(H3,17,18). The molecule has 0 aliphatic rings. The fourth-order valence-electron chi connectivity index (χ4n) is 2.03. The highest BCUT2D eigenvalue weighted by Gasteiger charge is 2.05. The van der Waals surface area contributed by atoms with E-state index in [-0.39, 0.29) is 5.84 Å². The van der Waals surface area contributed by atoms with Crippen molar-refractivity contribution in [2.24, 2.45) is 5.73 Å². The first-order valence-electron chi connectivity index (χ1n) is 6.44. The van der Waals surface area contributed by atoms with E-state index >= 15 is 0 Å². The average Bonchev–Trinajstić information content (AvgIpc) is 2.46. The van der Waals surface area contributed by atoms with Crippen molar-refractivity contribution in [1.29, 1.82) is 5.41 Å². The molecule has 2 rings (SSSR count). The fourth-order valence-corrected chi connectivity index (χ4v) is 2.03. The van der Waals surface area contributed by atoms with Crippen LogP contribution in [0.5, 0.6) is 0 Å². The van der Waals surface area contributed by atoms with Crippen LogP contribution < -0.4 is 10.6 Å². The minimum Gasteiger partial charge on any atom is -0.384 e. The second-order valence-electron chi connectivity index (χ2n) is 4.46. The molecule has 0 aromatic heterocycles. The van der Waals surface area contributed by atoms with Gasteiger partial charge in [-0.05, 0) is 24.6 Å². The van der Waals surface area contributed by atoms with Crippen molar-refractivity contribution in [2.75, 3.05) is 11.4 Å². The van der Waals surface area contributed by atoms with E-state index in [9.17, 15) is 0 Å². The van der Waals surface area contributed by atoms with Crippen molar-refractivity contribution in [1.82, 2.24) is 0 Å². The summed E-state index contributed by atoms with van der Waals surface area (Å²) in [4.78, 5) is 2.31. The summed E-state index contributed by atoms with van der Waals surface area (Å²) in [5.41, 5.74) is 8.67. The van der Waals surface area contributed by atoms with Crippen molar-refractivity contribution < 1.29 is 0 Å². The summed E-state index contributed by atoms with van der Waals surface area (Å²) in [6.45, 7) is 3.97. The molecule has 0 radical (unpaired) electrons.